The van der Waals surface area contributed by atoms with Crippen LogP contribution in [-0.4, -0.2) is 22.0 Å². The number of para-hydroxylation sites is 1. The molecule has 1 saturated carbocycles. The Hall–Kier alpha value is -2.71. The van der Waals surface area contributed by atoms with Crippen molar-refractivity contribution < 1.29 is 9.59 Å². The van der Waals surface area contributed by atoms with Crippen molar-refractivity contribution in [3.63, 3.8) is 0 Å². The van der Waals surface area contributed by atoms with E-state index in [1.165, 1.54) is 23.1 Å². The second-order valence-corrected chi connectivity index (χ2v) is 8.22. The van der Waals surface area contributed by atoms with Gasteiger partial charge >= 0.3 is 0 Å². The zero-order chi connectivity index (χ0) is 18.6. The van der Waals surface area contributed by atoms with Gasteiger partial charge < -0.3 is 10.6 Å². The van der Waals surface area contributed by atoms with E-state index in [1.54, 1.807) is 29.8 Å². The number of benzene rings is 2. The molecule has 0 spiro atoms. The molecule has 2 amide bonds. The van der Waals surface area contributed by atoms with Gasteiger partial charge in [-0.2, -0.15) is 0 Å². The minimum Gasteiger partial charge on any atom is -0.326 e. The summed E-state index contributed by atoms with van der Waals surface area (Å²) in [7, 11) is 0. The molecule has 27 heavy (non-hydrogen) atoms. The van der Waals surface area contributed by atoms with E-state index in [-0.39, 0.29) is 17.7 Å². The van der Waals surface area contributed by atoms with Crippen LogP contribution in [0.15, 0.2) is 63.3 Å². The van der Waals surface area contributed by atoms with Gasteiger partial charge in [-0.1, -0.05) is 35.2 Å². The fourth-order valence-electron chi connectivity index (χ4n) is 2.45. The van der Waals surface area contributed by atoms with E-state index in [9.17, 15) is 9.59 Å². The third-order valence-corrected chi connectivity index (χ3v) is 5.89. The first kappa shape index (κ1) is 17.7. The molecule has 0 radical (unpaired) electrons. The number of rotatable bonds is 6. The summed E-state index contributed by atoms with van der Waals surface area (Å²) >= 11 is 2.91. The summed E-state index contributed by atoms with van der Waals surface area (Å²) in [6.07, 6.45) is 1.92. The van der Waals surface area contributed by atoms with Crippen LogP contribution in [0.5, 0.6) is 0 Å². The fraction of sp³-hybridized carbons (Fsp3) is 0.158. The number of hydrogen-bond acceptors (Lipinski definition) is 6. The zero-order valence-electron chi connectivity index (χ0n) is 14.2. The second kappa shape index (κ2) is 7.89. The van der Waals surface area contributed by atoms with Gasteiger partial charge in [0, 0.05) is 22.1 Å². The summed E-state index contributed by atoms with van der Waals surface area (Å²) in [6, 6.07) is 14.5. The number of nitrogens with zero attached hydrogens (tertiary/aromatic N) is 2. The van der Waals surface area contributed by atoms with Gasteiger partial charge in [-0.25, -0.2) is 0 Å². The smallest absolute Gasteiger partial charge is 0.255 e. The van der Waals surface area contributed by atoms with Gasteiger partial charge in [0.25, 0.3) is 5.91 Å². The lowest BCUT2D eigenvalue weighted by Gasteiger charge is -2.10. The molecule has 0 unspecified atom stereocenters. The highest BCUT2D eigenvalue weighted by Gasteiger charge is 2.29. The van der Waals surface area contributed by atoms with E-state index >= 15 is 0 Å². The molecular weight excluding hydrogens is 380 g/mol. The molecule has 6 nitrogen and oxygen atoms in total. The molecule has 1 aromatic heterocycles. The Bertz CT molecular complexity index is 954. The normalized spacial score (nSPS) is 13.2. The minimum absolute atomic E-state index is 0.0508. The Morgan fingerprint density at radius 2 is 1.81 bits per heavy atom. The van der Waals surface area contributed by atoms with E-state index in [0.29, 0.717) is 16.9 Å². The van der Waals surface area contributed by atoms with Crippen LogP contribution >= 0.6 is 23.1 Å². The molecule has 8 heteroatoms. The summed E-state index contributed by atoms with van der Waals surface area (Å²) in [4.78, 5) is 25.3. The van der Waals surface area contributed by atoms with Crippen LogP contribution in [0, 0.1) is 5.92 Å². The van der Waals surface area contributed by atoms with Gasteiger partial charge in [0.05, 0.1) is 5.69 Å². The largest absolute Gasteiger partial charge is 0.326 e. The molecule has 2 N–H and O–H groups in total. The predicted octanol–water partition coefficient (Wildman–Crippen LogP) is 4.29. The van der Waals surface area contributed by atoms with Gasteiger partial charge in [0.2, 0.25) is 5.91 Å². The SMILES string of the molecule is O=C(Nc1ccccc1Sc1nncs1)c1ccc(NC(=O)C2CC2)cc1. The maximum absolute atomic E-state index is 12.6. The Morgan fingerprint density at radius 1 is 1.04 bits per heavy atom. The number of hydrogen-bond donors (Lipinski definition) is 2. The summed E-state index contributed by atoms with van der Waals surface area (Å²) in [5.41, 5.74) is 3.62. The lowest BCUT2D eigenvalue weighted by molar-refractivity contribution is -0.117. The highest BCUT2D eigenvalue weighted by atomic mass is 32.2. The van der Waals surface area contributed by atoms with E-state index < -0.39 is 0 Å². The second-order valence-electron chi connectivity index (χ2n) is 6.10. The lowest BCUT2D eigenvalue weighted by atomic mass is 10.2. The number of amides is 2. The average molecular weight is 396 g/mol. The summed E-state index contributed by atoms with van der Waals surface area (Å²) in [5, 5.41) is 13.7. The first-order valence-corrected chi connectivity index (χ1v) is 10.1. The maximum atomic E-state index is 12.6. The van der Waals surface area contributed by atoms with Crippen LogP contribution in [0.2, 0.25) is 0 Å². The van der Waals surface area contributed by atoms with Crippen molar-refractivity contribution in [1.82, 2.24) is 10.2 Å². The van der Waals surface area contributed by atoms with Crippen molar-refractivity contribution in [2.75, 3.05) is 10.6 Å². The van der Waals surface area contributed by atoms with Crippen LogP contribution in [0.4, 0.5) is 11.4 Å². The minimum atomic E-state index is -0.208. The molecule has 3 aromatic rings. The predicted molar refractivity (Wildman–Crippen MR) is 106 cm³/mol. The van der Waals surface area contributed by atoms with Crippen LogP contribution in [0.3, 0.4) is 0 Å². The zero-order valence-corrected chi connectivity index (χ0v) is 15.8. The summed E-state index contributed by atoms with van der Waals surface area (Å²) in [5.74, 6) is -0.00905. The number of carbonyl (C=O) groups excluding carboxylic acids is 2. The molecule has 1 aliphatic carbocycles. The van der Waals surface area contributed by atoms with E-state index in [0.717, 1.165) is 22.1 Å². The Labute approximate surface area is 164 Å². The molecule has 136 valence electrons. The number of carbonyl (C=O) groups is 2. The van der Waals surface area contributed by atoms with E-state index in [1.807, 2.05) is 24.3 Å². The van der Waals surface area contributed by atoms with Crippen LogP contribution in [-0.2, 0) is 4.79 Å². The van der Waals surface area contributed by atoms with E-state index in [2.05, 4.69) is 20.8 Å². The van der Waals surface area contributed by atoms with Crippen LogP contribution in [0.25, 0.3) is 0 Å². The topological polar surface area (TPSA) is 84.0 Å². The molecule has 0 saturated heterocycles. The van der Waals surface area contributed by atoms with Gasteiger partial charge in [-0.05, 0) is 49.2 Å². The molecule has 0 aliphatic heterocycles. The first-order valence-electron chi connectivity index (χ1n) is 8.44. The quantitative estimate of drug-likeness (QED) is 0.649. The molecule has 1 heterocycles. The molecular formula is C19H16N4O2S2. The standard InChI is InChI=1S/C19H16N4O2S2/c24-17(12-5-6-12)21-14-9-7-13(8-10-14)18(25)22-15-3-1-2-4-16(15)27-19-23-20-11-26-19/h1-4,7-12H,5-6H2,(H,21,24)(H,22,25). The Balaban J connectivity index is 1.43. The molecule has 0 bridgehead atoms. The third kappa shape index (κ3) is 4.53. The van der Waals surface area contributed by atoms with Crippen molar-refractivity contribution >= 4 is 46.3 Å². The average Bonchev–Trinajstić information content (AvgIpc) is 3.42. The highest BCUT2D eigenvalue weighted by Crippen LogP contribution is 2.34. The van der Waals surface area contributed by atoms with Gasteiger partial charge in [0.1, 0.15) is 5.51 Å². The molecule has 1 fully saturated rings. The highest BCUT2D eigenvalue weighted by molar-refractivity contribution is 8.01. The fourth-order valence-corrected chi connectivity index (χ4v) is 3.97. The van der Waals surface area contributed by atoms with Crippen molar-refractivity contribution in [3.05, 3.63) is 59.6 Å². The molecule has 1 aliphatic rings. The summed E-state index contributed by atoms with van der Waals surface area (Å²) in [6.45, 7) is 0. The number of aromatic nitrogens is 2. The van der Waals surface area contributed by atoms with Gasteiger partial charge in [-0.3, -0.25) is 9.59 Å². The van der Waals surface area contributed by atoms with Crippen molar-refractivity contribution in [1.29, 1.82) is 0 Å². The van der Waals surface area contributed by atoms with Crippen molar-refractivity contribution in [3.8, 4) is 0 Å². The van der Waals surface area contributed by atoms with E-state index in [4.69, 9.17) is 0 Å². The van der Waals surface area contributed by atoms with Crippen molar-refractivity contribution in [2.45, 2.75) is 22.1 Å². The van der Waals surface area contributed by atoms with Crippen molar-refractivity contribution in [2.24, 2.45) is 5.92 Å². The Kier molecular flexibility index (Phi) is 5.17. The van der Waals surface area contributed by atoms with Crippen LogP contribution < -0.4 is 10.6 Å². The third-order valence-electron chi connectivity index (χ3n) is 4.04. The first-order chi connectivity index (χ1) is 13.2. The molecule has 4 rings (SSSR count). The summed E-state index contributed by atoms with van der Waals surface area (Å²) < 4.78 is 0.812. The molecule has 2 aromatic carbocycles. The Morgan fingerprint density at radius 3 is 2.52 bits per heavy atom. The van der Waals surface area contributed by atoms with Gasteiger partial charge in [-0.15, -0.1) is 10.2 Å². The maximum Gasteiger partial charge on any atom is 0.255 e. The number of nitrogens with one attached hydrogen (secondary N) is 2. The van der Waals surface area contributed by atoms with Crippen LogP contribution in [0.1, 0.15) is 23.2 Å². The molecule has 0 atom stereocenters. The number of anilines is 2. The lowest BCUT2D eigenvalue weighted by Crippen LogP contribution is -2.14. The van der Waals surface area contributed by atoms with Gasteiger partial charge in [0.15, 0.2) is 4.34 Å². The monoisotopic (exact) mass is 396 g/mol.